The van der Waals surface area contributed by atoms with E-state index in [1.165, 1.54) is 0 Å². The minimum Gasteiger partial charge on any atom is -0.466 e. The maximum Gasteiger partial charge on any atom is 0.255 e. The van der Waals surface area contributed by atoms with Crippen molar-refractivity contribution in [2.24, 2.45) is 0 Å². The molecule has 22 heavy (non-hydrogen) atoms. The molecular weight excluding hydrogens is 325 g/mol. The Morgan fingerprint density at radius 2 is 1.82 bits per heavy atom. The molecule has 0 saturated carbocycles. The molecule has 0 aliphatic heterocycles. The molecule has 1 aromatic carbocycles. The number of halogens is 2. The third-order valence-corrected chi connectivity index (χ3v) is 4.24. The summed E-state index contributed by atoms with van der Waals surface area (Å²) in [4.78, 5) is 12.3. The topological polar surface area (TPSA) is 62.5 Å². The van der Waals surface area contributed by atoms with E-state index < -0.39 is 6.10 Å². The smallest absolute Gasteiger partial charge is 0.255 e. The number of carbonyl (C=O) groups excluding carboxylic acids is 1. The van der Waals surface area contributed by atoms with E-state index in [4.69, 9.17) is 27.6 Å². The van der Waals surface area contributed by atoms with Crippen molar-refractivity contribution in [1.29, 1.82) is 0 Å². The minimum absolute atomic E-state index is 0.00535. The van der Waals surface area contributed by atoms with Crippen LogP contribution < -0.4 is 5.32 Å². The molecule has 0 radical (unpaired) electrons. The maximum atomic E-state index is 12.3. The molecule has 0 spiro atoms. The van der Waals surface area contributed by atoms with Gasteiger partial charge in [0.15, 0.2) is 0 Å². The Bertz CT molecular complexity index is 689. The highest BCUT2D eigenvalue weighted by atomic mass is 35.5. The van der Waals surface area contributed by atoms with Gasteiger partial charge < -0.3 is 14.8 Å². The zero-order valence-electron chi connectivity index (χ0n) is 12.5. The van der Waals surface area contributed by atoms with Gasteiger partial charge in [-0.25, -0.2) is 0 Å². The van der Waals surface area contributed by atoms with Crippen LogP contribution in [0.5, 0.6) is 0 Å². The van der Waals surface area contributed by atoms with E-state index in [2.05, 4.69) is 5.32 Å². The lowest BCUT2D eigenvalue weighted by atomic mass is 10.1. The van der Waals surface area contributed by atoms with Crippen LogP contribution in [0.25, 0.3) is 0 Å². The zero-order valence-corrected chi connectivity index (χ0v) is 14.0. The first-order valence-corrected chi connectivity index (χ1v) is 7.55. The largest absolute Gasteiger partial charge is 0.466 e. The number of aryl methyl sites for hydroxylation is 2. The SMILES string of the molecule is Cc1oc(C)c(C(=O)NCC(O)c2c(Cl)cccc2Cl)c1C. The van der Waals surface area contributed by atoms with Crippen LogP contribution in [0, 0.1) is 20.8 Å². The van der Waals surface area contributed by atoms with Crippen LogP contribution in [0.4, 0.5) is 0 Å². The summed E-state index contributed by atoms with van der Waals surface area (Å²) in [6, 6.07) is 4.98. The number of hydrogen-bond donors (Lipinski definition) is 2. The van der Waals surface area contributed by atoms with Crippen molar-refractivity contribution < 1.29 is 14.3 Å². The summed E-state index contributed by atoms with van der Waals surface area (Å²) in [5.41, 5.74) is 1.69. The number of amides is 1. The number of aliphatic hydroxyl groups is 1. The first-order valence-electron chi connectivity index (χ1n) is 6.79. The fourth-order valence-corrected chi connectivity index (χ4v) is 2.99. The molecule has 0 bridgehead atoms. The predicted molar refractivity (Wildman–Crippen MR) is 86.7 cm³/mol. The molecule has 0 saturated heterocycles. The third-order valence-electron chi connectivity index (χ3n) is 3.58. The van der Waals surface area contributed by atoms with Crippen LogP contribution in [0.2, 0.25) is 10.0 Å². The summed E-state index contributed by atoms with van der Waals surface area (Å²) >= 11 is 12.1. The highest BCUT2D eigenvalue weighted by molar-refractivity contribution is 6.36. The molecule has 1 amide bonds. The highest BCUT2D eigenvalue weighted by Crippen LogP contribution is 2.30. The molecule has 2 rings (SSSR count). The third kappa shape index (κ3) is 3.29. The second-order valence-corrected chi connectivity index (χ2v) is 5.89. The van der Waals surface area contributed by atoms with E-state index in [0.29, 0.717) is 32.7 Å². The van der Waals surface area contributed by atoms with Crippen LogP contribution >= 0.6 is 23.2 Å². The Hall–Kier alpha value is -1.49. The lowest BCUT2D eigenvalue weighted by Crippen LogP contribution is -2.29. The van der Waals surface area contributed by atoms with Crippen molar-refractivity contribution in [1.82, 2.24) is 5.32 Å². The van der Waals surface area contributed by atoms with Gasteiger partial charge in [-0.3, -0.25) is 4.79 Å². The van der Waals surface area contributed by atoms with Gasteiger partial charge in [-0.05, 0) is 32.9 Å². The molecule has 0 aliphatic carbocycles. The van der Waals surface area contributed by atoms with Gasteiger partial charge in [-0.2, -0.15) is 0 Å². The molecule has 1 atom stereocenters. The van der Waals surface area contributed by atoms with Crippen molar-refractivity contribution in [2.45, 2.75) is 26.9 Å². The maximum absolute atomic E-state index is 12.3. The molecule has 2 N–H and O–H groups in total. The summed E-state index contributed by atoms with van der Waals surface area (Å²) in [7, 11) is 0. The Morgan fingerprint density at radius 1 is 1.23 bits per heavy atom. The number of rotatable bonds is 4. The molecular formula is C16H17Cl2NO3. The number of hydrogen-bond acceptors (Lipinski definition) is 3. The number of furan rings is 1. The lowest BCUT2D eigenvalue weighted by Gasteiger charge is -2.15. The van der Waals surface area contributed by atoms with Crippen LogP contribution in [0.3, 0.4) is 0 Å². The van der Waals surface area contributed by atoms with Crippen LogP contribution in [0.15, 0.2) is 22.6 Å². The lowest BCUT2D eigenvalue weighted by molar-refractivity contribution is 0.0914. The Morgan fingerprint density at radius 3 is 2.32 bits per heavy atom. The van der Waals surface area contributed by atoms with Gasteiger partial charge in [0, 0.05) is 27.7 Å². The Kier molecular flexibility index (Phi) is 5.16. The van der Waals surface area contributed by atoms with E-state index in [1.54, 1.807) is 32.0 Å². The van der Waals surface area contributed by atoms with Gasteiger partial charge in [0.05, 0.1) is 11.7 Å². The standard InChI is InChI=1S/C16H17Cl2NO3/c1-8-9(2)22-10(3)14(8)16(21)19-7-13(20)15-11(17)5-4-6-12(15)18/h4-6,13,20H,7H2,1-3H3,(H,19,21). The summed E-state index contributed by atoms with van der Waals surface area (Å²) in [5, 5.41) is 13.6. The van der Waals surface area contributed by atoms with E-state index >= 15 is 0 Å². The first kappa shape index (κ1) is 16.9. The fraction of sp³-hybridized carbons (Fsp3) is 0.312. The van der Waals surface area contributed by atoms with Crippen molar-refractivity contribution in [3.63, 3.8) is 0 Å². The van der Waals surface area contributed by atoms with Gasteiger partial charge in [0.2, 0.25) is 0 Å². The van der Waals surface area contributed by atoms with Crippen LogP contribution in [0.1, 0.15) is 39.1 Å². The number of benzene rings is 1. The van der Waals surface area contributed by atoms with Crippen molar-refractivity contribution in [3.05, 3.63) is 56.5 Å². The van der Waals surface area contributed by atoms with Gasteiger partial charge in [-0.1, -0.05) is 29.3 Å². The highest BCUT2D eigenvalue weighted by Gasteiger charge is 2.21. The van der Waals surface area contributed by atoms with Crippen LogP contribution in [-0.4, -0.2) is 17.6 Å². The van der Waals surface area contributed by atoms with Crippen LogP contribution in [-0.2, 0) is 0 Å². The van der Waals surface area contributed by atoms with Crippen molar-refractivity contribution in [2.75, 3.05) is 6.54 Å². The Balaban J connectivity index is 2.11. The molecule has 1 heterocycles. The summed E-state index contributed by atoms with van der Waals surface area (Å²) < 4.78 is 5.43. The molecule has 118 valence electrons. The average Bonchev–Trinajstić information content (AvgIpc) is 2.69. The van der Waals surface area contributed by atoms with E-state index in [9.17, 15) is 9.90 Å². The molecule has 0 aliphatic rings. The number of carbonyl (C=O) groups is 1. The van der Waals surface area contributed by atoms with Gasteiger partial charge >= 0.3 is 0 Å². The predicted octanol–water partition coefficient (Wildman–Crippen LogP) is 3.98. The molecule has 1 unspecified atom stereocenters. The molecule has 4 nitrogen and oxygen atoms in total. The summed E-state index contributed by atoms with van der Waals surface area (Å²) in [6.07, 6.45) is -0.987. The van der Waals surface area contributed by atoms with E-state index in [-0.39, 0.29) is 12.5 Å². The molecule has 2 aromatic rings. The van der Waals surface area contributed by atoms with E-state index in [0.717, 1.165) is 5.56 Å². The molecule has 1 aromatic heterocycles. The second kappa shape index (κ2) is 6.73. The molecule has 6 heteroatoms. The summed E-state index contributed by atoms with van der Waals surface area (Å²) in [6.45, 7) is 5.36. The van der Waals surface area contributed by atoms with Gasteiger partial charge in [0.25, 0.3) is 5.91 Å². The first-order chi connectivity index (χ1) is 10.3. The molecule has 0 fully saturated rings. The minimum atomic E-state index is -0.987. The van der Waals surface area contributed by atoms with Crippen molar-refractivity contribution in [3.8, 4) is 0 Å². The zero-order chi connectivity index (χ0) is 16.4. The van der Waals surface area contributed by atoms with Crippen molar-refractivity contribution >= 4 is 29.1 Å². The van der Waals surface area contributed by atoms with Gasteiger partial charge in [-0.15, -0.1) is 0 Å². The monoisotopic (exact) mass is 341 g/mol. The quantitative estimate of drug-likeness (QED) is 0.884. The summed E-state index contributed by atoms with van der Waals surface area (Å²) in [5.74, 6) is 0.962. The fourth-order valence-electron chi connectivity index (χ4n) is 2.34. The normalized spacial score (nSPS) is 12.3. The number of nitrogens with one attached hydrogen (secondary N) is 1. The number of aliphatic hydroxyl groups excluding tert-OH is 1. The second-order valence-electron chi connectivity index (χ2n) is 5.08. The average molecular weight is 342 g/mol. The Labute approximate surface area is 139 Å². The van der Waals surface area contributed by atoms with E-state index in [1.807, 2.05) is 6.92 Å². The van der Waals surface area contributed by atoms with Gasteiger partial charge in [0.1, 0.15) is 11.5 Å².